The van der Waals surface area contributed by atoms with Gasteiger partial charge in [-0.3, -0.25) is 9.59 Å². The lowest BCUT2D eigenvalue weighted by molar-refractivity contribution is -0.274. The molecule has 1 amide bonds. The highest BCUT2D eigenvalue weighted by Gasteiger charge is 2.43. The number of alkyl halides is 3. The summed E-state index contributed by atoms with van der Waals surface area (Å²) >= 11 is 1.17. The topological polar surface area (TPSA) is 75.6 Å². The van der Waals surface area contributed by atoms with E-state index in [-0.39, 0.29) is 5.75 Å². The molecular weight excluding hydrogens is 419 g/mol. The van der Waals surface area contributed by atoms with Crippen LogP contribution in [0.1, 0.15) is 12.5 Å². The van der Waals surface area contributed by atoms with Crippen LogP contribution in [0.15, 0.2) is 66.0 Å². The lowest BCUT2D eigenvalue weighted by Crippen LogP contribution is -2.44. The minimum atomic E-state index is -4.77. The van der Waals surface area contributed by atoms with Gasteiger partial charge >= 0.3 is 12.3 Å². The number of ether oxygens (including phenoxy) is 1. The molecule has 0 spiro atoms. The first-order valence-electron chi connectivity index (χ1n) is 8.64. The van der Waals surface area contributed by atoms with E-state index in [1.165, 1.54) is 42.5 Å². The van der Waals surface area contributed by atoms with E-state index in [4.69, 9.17) is 0 Å². The summed E-state index contributed by atoms with van der Waals surface area (Å²) in [5, 5.41) is 14.4. The van der Waals surface area contributed by atoms with Crippen molar-refractivity contribution in [3.05, 3.63) is 71.6 Å². The van der Waals surface area contributed by atoms with Gasteiger partial charge < -0.3 is 15.2 Å². The first kappa shape index (κ1) is 21.4. The number of rotatable bonds is 6. The van der Waals surface area contributed by atoms with Crippen LogP contribution in [-0.4, -0.2) is 23.3 Å². The number of hydrogen-bond donors (Lipinski definition) is 2. The molecule has 156 valence electrons. The van der Waals surface area contributed by atoms with Gasteiger partial charge in [0.2, 0.25) is 5.91 Å². The lowest BCUT2D eigenvalue weighted by Gasteiger charge is -2.23. The van der Waals surface area contributed by atoms with Gasteiger partial charge in [0.15, 0.2) is 5.41 Å². The minimum Gasteiger partial charge on any atom is -0.480 e. The fourth-order valence-corrected chi connectivity index (χ4v) is 3.57. The smallest absolute Gasteiger partial charge is 0.480 e. The van der Waals surface area contributed by atoms with Crippen LogP contribution in [0.5, 0.6) is 5.75 Å². The summed E-state index contributed by atoms with van der Waals surface area (Å²) < 4.78 is 40.6. The molecule has 2 N–H and O–H groups in total. The summed E-state index contributed by atoms with van der Waals surface area (Å²) in [5.74, 6) is -2.33. The Kier molecular flexibility index (Phi) is 5.84. The van der Waals surface area contributed by atoms with Crippen molar-refractivity contribution in [1.82, 2.24) is 0 Å². The standard InChI is InChI=1S/C21H16F3NO4S/c1-20(19(27)28,15-5-3-2-4-6-15)18(26)25-17-11-14(12-30-17)13-7-9-16(10-8-13)29-21(22,23)24/h2-12H,1H3,(H,25,26)(H,27,28)/t20-/m0/s1. The second kappa shape index (κ2) is 8.19. The molecule has 30 heavy (non-hydrogen) atoms. The van der Waals surface area contributed by atoms with Crippen molar-refractivity contribution in [2.45, 2.75) is 18.7 Å². The first-order chi connectivity index (χ1) is 14.1. The SMILES string of the molecule is C[C@@](C(=O)O)(C(=O)Nc1cc(-c2ccc(OC(F)(F)F)cc2)cs1)c1ccccc1. The van der Waals surface area contributed by atoms with Crippen molar-refractivity contribution in [2.24, 2.45) is 0 Å². The fraction of sp³-hybridized carbons (Fsp3) is 0.143. The van der Waals surface area contributed by atoms with Crippen molar-refractivity contribution in [3.8, 4) is 16.9 Å². The number of nitrogens with one attached hydrogen (secondary N) is 1. The Morgan fingerprint density at radius 1 is 1.00 bits per heavy atom. The van der Waals surface area contributed by atoms with Crippen LogP contribution < -0.4 is 10.1 Å². The number of carbonyl (C=O) groups excluding carboxylic acids is 1. The number of hydrogen-bond acceptors (Lipinski definition) is 4. The number of benzene rings is 2. The van der Waals surface area contributed by atoms with Crippen molar-refractivity contribution in [2.75, 3.05) is 5.32 Å². The van der Waals surface area contributed by atoms with Crippen LogP contribution in [0.3, 0.4) is 0 Å². The number of amides is 1. The zero-order valence-electron chi connectivity index (χ0n) is 15.6. The third-order valence-corrected chi connectivity index (χ3v) is 5.34. The maximum Gasteiger partial charge on any atom is 0.573 e. The van der Waals surface area contributed by atoms with E-state index in [1.54, 1.807) is 41.8 Å². The number of thiophene rings is 1. The molecule has 0 aliphatic carbocycles. The Morgan fingerprint density at radius 3 is 2.20 bits per heavy atom. The van der Waals surface area contributed by atoms with E-state index >= 15 is 0 Å². The predicted octanol–water partition coefficient (Wildman–Crippen LogP) is 5.29. The molecule has 1 aromatic heterocycles. The molecule has 0 unspecified atom stereocenters. The van der Waals surface area contributed by atoms with Crippen LogP contribution in [0.2, 0.25) is 0 Å². The molecule has 1 heterocycles. The van der Waals surface area contributed by atoms with Gasteiger partial charge in [-0.15, -0.1) is 24.5 Å². The molecule has 2 aromatic carbocycles. The van der Waals surface area contributed by atoms with E-state index in [9.17, 15) is 27.9 Å². The quantitative estimate of drug-likeness (QED) is 0.516. The van der Waals surface area contributed by atoms with Gasteiger partial charge in [-0.2, -0.15) is 0 Å². The zero-order chi connectivity index (χ0) is 21.9. The van der Waals surface area contributed by atoms with Crippen molar-refractivity contribution in [1.29, 1.82) is 0 Å². The van der Waals surface area contributed by atoms with E-state index in [0.29, 0.717) is 21.7 Å². The molecular formula is C21H16F3NO4S. The van der Waals surface area contributed by atoms with Crippen molar-refractivity contribution < 1.29 is 32.6 Å². The maximum atomic E-state index is 12.8. The number of carbonyl (C=O) groups is 2. The van der Waals surface area contributed by atoms with Gasteiger partial charge in [0, 0.05) is 5.38 Å². The summed E-state index contributed by atoms with van der Waals surface area (Å²) in [6.07, 6.45) is -4.77. The van der Waals surface area contributed by atoms with Crippen LogP contribution >= 0.6 is 11.3 Å². The van der Waals surface area contributed by atoms with E-state index < -0.39 is 23.7 Å². The molecule has 1 atom stereocenters. The molecule has 0 fully saturated rings. The molecule has 0 aliphatic heterocycles. The average Bonchev–Trinajstić information content (AvgIpc) is 3.15. The lowest BCUT2D eigenvalue weighted by atomic mass is 9.81. The molecule has 9 heteroatoms. The number of halogens is 3. The number of anilines is 1. The largest absolute Gasteiger partial charge is 0.573 e. The highest BCUT2D eigenvalue weighted by atomic mass is 32.1. The van der Waals surface area contributed by atoms with Gasteiger partial charge in [-0.25, -0.2) is 0 Å². The number of carboxylic acid groups (broad SMARTS) is 1. The second-order valence-electron chi connectivity index (χ2n) is 6.52. The third-order valence-electron chi connectivity index (χ3n) is 4.49. The van der Waals surface area contributed by atoms with Crippen LogP contribution in [0.4, 0.5) is 18.2 Å². The molecule has 0 radical (unpaired) electrons. The monoisotopic (exact) mass is 435 g/mol. The normalized spacial score (nSPS) is 13.3. The number of aliphatic carboxylic acids is 1. The molecule has 0 saturated carbocycles. The summed E-state index contributed by atoms with van der Waals surface area (Å²) in [5.41, 5.74) is -0.176. The highest BCUT2D eigenvalue weighted by molar-refractivity contribution is 7.14. The molecule has 5 nitrogen and oxygen atoms in total. The first-order valence-corrected chi connectivity index (χ1v) is 9.52. The molecule has 0 bridgehead atoms. The number of carboxylic acids is 1. The Morgan fingerprint density at radius 2 is 1.63 bits per heavy atom. The van der Waals surface area contributed by atoms with Crippen LogP contribution in [0, 0.1) is 0 Å². The Labute approximate surface area is 173 Å². The zero-order valence-corrected chi connectivity index (χ0v) is 16.4. The molecule has 0 saturated heterocycles. The molecule has 0 aliphatic rings. The summed E-state index contributed by atoms with van der Waals surface area (Å²) in [7, 11) is 0. The van der Waals surface area contributed by atoms with E-state index in [2.05, 4.69) is 10.1 Å². The van der Waals surface area contributed by atoms with Gasteiger partial charge in [0.1, 0.15) is 5.75 Å². The van der Waals surface area contributed by atoms with Crippen molar-refractivity contribution >= 4 is 28.2 Å². The average molecular weight is 435 g/mol. The summed E-state index contributed by atoms with van der Waals surface area (Å²) in [6, 6.07) is 15.1. The van der Waals surface area contributed by atoms with Crippen LogP contribution in [-0.2, 0) is 15.0 Å². The highest BCUT2D eigenvalue weighted by Crippen LogP contribution is 2.33. The fourth-order valence-electron chi connectivity index (χ4n) is 2.76. The van der Waals surface area contributed by atoms with Gasteiger partial charge in [-0.05, 0) is 41.8 Å². The molecule has 3 rings (SSSR count). The maximum absolute atomic E-state index is 12.8. The van der Waals surface area contributed by atoms with Gasteiger partial charge in [0.05, 0.1) is 5.00 Å². The summed E-state index contributed by atoms with van der Waals surface area (Å²) in [6.45, 7) is 1.33. The van der Waals surface area contributed by atoms with E-state index in [0.717, 1.165) is 0 Å². The van der Waals surface area contributed by atoms with E-state index in [1.807, 2.05) is 0 Å². The minimum absolute atomic E-state index is 0.338. The van der Waals surface area contributed by atoms with Crippen LogP contribution in [0.25, 0.3) is 11.1 Å². The third kappa shape index (κ3) is 4.62. The predicted molar refractivity (Wildman–Crippen MR) is 106 cm³/mol. The Balaban J connectivity index is 1.78. The second-order valence-corrected chi connectivity index (χ2v) is 7.43. The van der Waals surface area contributed by atoms with Gasteiger partial charge in [-0.1, -0.05) is 42.5 Å². The van der Waals surface area contributed by atoms with Crippen molar-refractivity contribution in [3.63, 3.8) is 0 Å². The van der Waals surface area contributed by atoms with Gasteiger partial charge in [0.25, 0.3) is 0 Å². The Hall–Kier alpha value is -3.33. The Bertz CT molecular complexity index is 1050. The summed E-state index contributed by atoms with van der Waals surface area (Å²) in [4.78, 5) is 24.7. The molecule has 3 aromatic rings.